The van der Waals surface area contributed by atoms with Gasteiger partial charge in [0.2, 0.25) is 0 Å². The van der Waals surface area contributed by atoms with E-state index in [9.17, 15) is 9.59 Å². The Morgan fingerprint density at radius 2 is 2.12 bits per heavy atom. The first-order valence-corrected chi connectivity index (χ1v) is 5.76. The van der Waals surface area contributed by atoms with Gasteiger partial charge in [-0.25, -0.2) is 4.79 Å². The quantitative estimate of drug-likeness (QED) is 0.392. The fourth-order valence-electron chi connectivity index (χ4n) is 1.18. The first kappa shape index (κ1) is 13.0. The van der Waals surface area contributed by atoms with Crippen LogP contribution in [0.3, 0.4) is 0 Å². The number of carbonyl (C=O) groups excluding carboxylic acids is 2. The van der Waals surface area contributed by atoms with E-state index in [2.05, 4.69) is 10.1 Å². The molecule has 5 nitrogen and oxygen atoms in total. The molecule has 0 heterocycles. The van der Waals surface area contributed by atoms with E-state index < -0.39 is 11.9 Å². The minimum absolute atomic E-state index is 0.219. The summed E-state index contributed by atoms with van der Waals surface area (Å²) < 4.78 is 9.92. The van der Waals surface area contributed by atoms with Crippen LogP contribution in [0.15, 0.2) is 0 Å². The summed E-state index contributed by atoms with van der Waals surface area (Å²) in [5, 5.41) is 2.48. The van der Waals surface area contributed by atoms with Crippen LogP contribution >= 0.6 is 0 Å². The van der Waals surface area contributed by atoms with Crippen molar-refractivity contribution in [3.05, 3.63) is 0 Å². The Hall–Kier alpha value is -1.10. The Balaban J connectivity index is 1.88. The summed E-state index contributed by atoms with van der Waals surface area (Å²) in [6.07, 6.45) is 3.27. The van der Waals surface area contributed by atoms with Crippen molar-refractivity contribution < 1.29 is 19.1 Å². The number of nitrogens with one attached hydrogen (secondary N) is 1. The number of amides is 1. The molecule has 0 bridgehead atoms. The van der Waals surface area contributed by atoms with Gasteiger partial charge in [-0.1, -0.05) is 0 Å². The van der Waals surface area contributed by atoms with Crippen LogP contribution in [0.25, 0.3) is 0 Å². The van der Waals surface area contributed by atoms with Crippen LogP contribution in [0.4, 0.5) is 0 Å². The Morgan fingerprint density at radius 3 is 2.75 bits per heavy atom. The third kappa shape index (κ3) is 5.70. The van der Waals surface area contributed by atoms with Crippen LogP contribution in [-0.2, 0) is 19.1 Å². The second kappa shape index (κ2) is 7.22. The third-order valence-electron chi connectivity index (χ3n) is 2.26. The van der Waals surface area contributed by atoms with Crippen molar-refractivity contribution in [3.8, 4) is 0 Å². The van der Waals surface area contributed by atoms with E-state index in [0.29, 0.717) is 13.2 Å². The second-order valence-electron chi connectivity index (χ2n) is 3.85. The average Bonchev–Trinajstić information content (AvgIpc) is 3.07. The summed E-state index contributed by atoms with van der Waals surface area (Å²) in [4.78, 5) is 22.0. The smallest absolute Gasteiger partial charge is 0.396 e. The summed E-state index contributed by atoms with van der Waals surface area (Å²) in [5.41, 5.74) is 0. The van der Waals surface area contributed by atoms with E-state index in [4.69, 9.17) is 4.74 Å². The van der Waals surface area contributed by atoms with Gasteiger partial charge in [0.1, 0.15) is 0 Å². The summed E-state index contributed by atoms with van der Waals surface area (Å²) >= 11 is 0. The average molecular weight is 229 g/mol. The Kier molecular flexibility index (Phi) is 5.85. The van der Waals surface area contributed by atoms with E-state index in [0.717, 1.165) is 18.9 Å². The molecule has 0 unspecified atom stereocenters. The molecular weight excluding hydrogens is 210 g/mol. The molecule has 0 aromatic heterocycles. The summed E-state index contributed by atoms with van der Waals surface area (Å²) in [6.45, 7) is 3.78. The zero-order valence-electron chi connectivity index (χ0n) is 9.66. The van der Waals surface area contributed by atoms with Gasteiger partial charge in [0.25, 0.3) is 0 Å². The number of rotatable bonds is 7. The molecule has 0 radical (unpaired) electrons. The van der Waals surface area contributed by atoms with Gasteiger partial charge in [-0.3, -0.25) is 4.79 Å². The lowest BCUT2D eigenvalue weighted by Crippen LogP contribution is -2.33. The van der Waals surface area contributed by atoms with Crippen molar-refractivity contribution in [1.29, 1.82) is 0 Å². The van der Waals surface area contributed by atoms with Gasteiger partial charge in [-0.2, -0.15) is 0 Å². The number of ether oxygens (including phenoxy) is 2. The van der Waals surface area contributed by atoms with Gasteiger partial charge in [-0.05, 0) is 32.1 Å². The largest absolute Gasteiger partial charge is 0.459 e. The number of hydrogen-bond donors (Lipinski definition) is 1. The minimum atomic E-state index is -0.818. The SMILES string of the molecule is CCOC(=O)C(=O)NCCCOCC1CC1. The fourth-order valence-corrected chi connectivity index (χ4v) is 1.18. The van der Waals surface area contributed by atoms with Crippen LogP contribution in [0.1, 0.15) is 26.2 Å². The maximum absolute atomic E-state index is 11.1. The molecule has 16 heavy (non-hydrogen) atoms. The molecule has 0 saturated heterocycles. The zero-order valence-corrected chi connectivity index (χ0v) is 9.66. The first-order valence-electron chi connectivity index (χ1n) is 5.76. The second-order valence-corrected chi connectivity index (χ2v) is 3.85. The van der Waals surface area contributed by atoms with Crippen molar-refractivity contribution in [1.82, 2.24) is 5.32 Å². The third-order valence-corrected chi connectivity index (χ3v) is 2.26. The van der Waals surface area contributed by atoms with Crippen LogP contribution in [0.2, 0.25) is 0 Å². The molecule has 0 aromatic rings. The highest BCUT2D eigenvalue weighted by Crippen LogP contribution is 2.28. The Morgan fingerprint density at radius 1 is 1.38 bits per heavy atom. The first-order chi connectivity index (χ1) is 7.74. The highest BCUT2D eigenvalue weighted by Gasteiger charge is 2.20. The normalized spacial score (nSPS) is 14.6. The van der Waals surface area contributed by atoms with Crippen molar-refractivity contribution in [3.63, 3.8) is 0 Å². The lowest BCUT2D eigenvalue weighted by molar-refractivity contribution is -0.154. The summed E-state index contributed by atoms with van der Waals surface area (Å²) in [7, 11) is 0. The molecule has 5 heteroatoms. The van der Waals surface area contributed by atoms with Gasteiger partial charge < -0.3 is 14.8 Å². The van der Waals surface area contributed by atoms with Gasteiger partial charge in [0.15, 0.2) is 0 Å². The Bertz CT molecular complexity index is 238. The molecule has 1 N–H and O–H groups in total. The molecule has 0 spiro atoms. The molecule has 92 valence electrons. The topological polar surface area (TPSA) is 64.6 Å². The van der Waals surface area contributed by atoms with E-state index >= 15 is 0 Å². The molecule has 1 amide bonds. The highest BCUT2D eigenvalue weighted by molar-refractivity contribution is 6.32. The molecule has 1 fully saturated rings. The predicted octanol–water partition coefficient (Wildman–Crippen LogP) is 0.482. The maximum Gasteiger partial charge on any atom is 0.396 e. The fraction of sp³-hybridized carbons (Fsp3) is 0.818. The molecular formula is C11H19NO4. The minimum Gasteiger partial charge on any atom is -0.459 e. The van der Waals surface area contributed by atoms with Crippen LogP contribution in [0, 0.1) is 5.92 Å². The van der Waals surface area contributed by atoms with E-state index in [1.807, 2.05) is 0 Å². The van der Waals surface area contributed by atoms with Crippen molar-refractivity contribution in [2.24, 2.45) is 5.92 Å². The maximum atomic E-state index is 11.1. The van der Waals surface area contributed by atoms with Crippen molar-refractivity contribution in [2.75, 3.05) is 26.4 Å². The summed E-state index contributed by atoms with van der Waals surface area (Å²) in [6, 6.07) is 0. The van der Waals surface area contributed by atoms with Crippen molar-refractivity contribution in [2.45, 2.75) is 26.2 Å². The molecule has 0 aliphatic heterocycles. The molecule has 0 aromatic carbocycles. The Labute approximate surface area is 95.5 Å². The van der Waals surface area contributed by atoms with Crippen LogP contribution in [-0.4, -0.2) is 38.2 Å². The van der Waals surface area contributed by atoms with Crippen LogP contribution in [0.5, 0.6) is 0 Å². The van der Waals surface area contributed by atoms with Crippen molar-refractivity contribution >= 4 is 11.9 Å². The van der Waals surface area contributed by atoms with Gasteiger partial charge in [0, 0.05) is 19.8 Å². The van der Waals surface area contributed by atoms with Gasteiger partial charge in [0.05, 0.1) is 6.61 Å². The molecule has 1 saturated carbocycles. The standard InChI is InChI=1S/C11H19NO4/c1-2-16-11(14)10(13)12-6-3-7-15-8-9-4-5-9/h9H,2-8H2,1H3,(H,12,13). The number of esters is 1. The predicted molar refractivity (Wildman–Crippen MR) is 57.8 cm³/mol. The lowest BCUT2D eigenvalue weighted by Gasteiger charge is -2.05. The lowest BCUT2D eigenvalue weighted by atomic mass is 10.4. The van der Waals surface area contributed by atoms with E-state index in [-0.39, 0.29) is 6.61 Å². The van der Waals surface area contributed by atoms with E-state index in [1.54, 1.807) is 6.92 Å². The molecule has 1 rings (SSSR count). The monoisotopic (exact) mass is 229 g/mol. The zero-order chi connectivity index (χ0) is 11.8. The van der Waals surface area contributed by atoms with E-state index in [1.165, 1.54) is 12.8 Å². The number of carbonyl (C=O) groups is 2. The van der Waals surface area contributed by atoms with Gasteiger partial charge in [-0.15, -0.1) is 0 Å². The molecule has 1 aliphatic carbocycles. The number of hydrogen-bond acceptors (Lipinski definition) is 4. The van der Waals surface area contributed by atoms with Crippen LogP contribution < -0.4 is 5.32 Å². The molecule has 0 atom stereocenters. The summed E-state index contributed by atoms with van der Waals surface area (Å²) in [5.74, 6) is -0.737. The highest BCUT2D eigenvalue weighted by atomic mass is 16.5. The van der Waals surface area contributed by atoms with Gasteiger partial charge >= 0.3 is 11.9 Å². The molecule has 1 aliphatic rings.